The number of rotatable bonds is 9. The highest BCUT2D eigenvalue weighted by Crippen LogP contribution is 2.33. The standard InChI is InChI=1S/C12H24N2O.ClH/c13-5-7-15-8-6-14(9-11-1-2-11)10-12-3-4-12;/h11-12H,1-10,13H2;1H. The van der Waals surface area contributed by atoms with Crippen LogP contribution in [0.15, 0.2) is 0 Å². The zero-order chi connectivity index (χ0) is 10.5. The fourth-order valence-electron chi connectivity index (χ4n) is 1.97. The molecule has 0 atom stereocenters. The Morgan fingerprint density at radius 1 is 1.00 bits per heavy atom. The van der Waals surface area contributed by atoms with E-state index >= 15 is 0 Å². The Morgan fingerprint density at radius 2 is 1.56 bits per heavy atom. The van der Waals surface area contributed by atoms with Crippen LogP contribution < -0.4 is 5.73 Å². The molecule has 0 amide bonds. The number of nitrogens with two attached hydrogens (primary N) is 1. The molecule has 2 fully saturated rings. The van der Waals surface area contributed by atoms with Gasteiger partial charge in [0, 0.05) is 26.2 Å². The van der Waals surface area contributed by atoms with Crippen molar-refractivity contribution in [1.29, 1.82) is 0 Å². The lowest BCUT2D eigenvalue weighted by Crippen LogP contribution is -2.32. The molecule has 2 aliphatic rings. The fourth-order valence-corrected chi connectivity index (χ4v) is 1.97. The summed E-state index contributed by atoms with van der Waals surface area (Å²) >= 11 is 0. The van der Waals surface area contributed by atoms with Crippen molar-refractivity contribution in [3.63, 3.8) is 0 Å². The zero-order valence-corrected chi connectivity index (χ0v) is 10.9. The van der Waals surface area contributed by atoms with Gasteiger partial charge in [-0.25, -0.2) is 0 Å². The van der Waals surface area contributed by atoms with Crippen molar-refractivity contribution in [2.24, 2.45) is 17.6 Å². The number of ether oxygens (including phenoxy) is 1. The Hall–Kier alpha value is 0.170. The summed E-state index contributed by atoms with van der Waals surface area (Å²) in [6.07, 6.45) is 5.80. The van der Waals surface area contributed by atoms with Crippen molar-refractivity contribution in [1.82, 2.24) is 4.90 Å². The zero-order valence-electron chi connectivity index (χ0n) is 10.1. The molecular formula is C12H25ClN2O. The SMILES string of the molecule is Cl.NCCOCCN(CC1CC1)CC1CC1. The molecule has 2 aliphatic carbocycles. The van der Waals surface area contributed by atoms with E-state index in [2.05, 4.69) is 4.90 Å². The van der Waals surface area contributed by atoms with E-state index in [9.17, 15) is 0 Å². The van der Waals surface area contributed by atoms with Gasteiger partial charge in [0.25, 0.3) is 0 Å². The number of halogens is 1. The average molecular weight is 249 g/mol. The van der Waals surface area contributed by atoms with Gasteiger partial charge >= 0.3 is 0 Å². The minimum atomic E-state index is 0. The van der Waals surface area contributed by atoms with Crippen LogP contribution in [0.1, 0.15) is 25.7 Å². The predicted molar refractivity (Wildman–Crippen MR) is 69.0 cm³/mol. The smallest absolute Gasteiger partial charge is 0.0594 e. The summed E-state index contributed by atoms with van der Waals surface area (Å²) in [5.74, 6) is 2.00. The van der Waals surface area contributed by atoms with Crippen LogP contribution in [0, 0.1) is 11.8 Å². The van der Waals surface area contributed by atoms with Crippen LogP contribution in [0.25, 0.3) is 0 Å². The molecule has 2 saturated carbocycles. The molecular weight excluding hydrogens is 224 g/mol. The monoisotopic (exact) mass is 248 g/mol. The molecule has 4 heteroatoms. The first-order valence-corrected chi connectivity index (χ1v) is 6.38. The topological polar surface area (TPSA) is 38.5 Å². The quantitative estimate of drug-likeness (QED) is 0.629. The molecule has 0 aromatic rings. The Balaban J connectivity index is 0.00000128. The minimum absolute atomic E-state index is 0. The summed E-state index contributed by atoms with van der Waals surface area (Å²) < 4.78 is 5.45. The first kappa shape index (κ1) is 14.2. The Labute approximate surface area is 105 Å². The maximum absolute atomic E-state index is 5.45. The summed E-state index contributed by atoms with van der Waals surface area (Å²) in [7, 11) is 0. The van der Waals surface area contributed by atoms with Gasteiger partial charge in [-0.05, 0) is 37.5 Å². The first-order chi connectivity index (χ1) is 7.38. The molecule has 3 nitrogen and oxygen atoms in total. The van der Waals surface area contributed by atoms with Crippen LogP contribution >= 0.6 is 12.4 Å². The fraction of sp³-hybridized carbons (Fsp3) is 1.00. The molecule has 0 aromatic carbocycles. The maximum Gasteiger partial charge on any atom is 0.0594 e. The summed E-state index contributed by atoms with van der Waals surface area (Å²) in [5.41, 5.74) is 5.39. The molecule has 0 spiro atoms. The van der Waals surface area contributed by atoms with E-state index in [1.807, 2.05) is 0 Å². The lowest BCUT2D eigenvalue weighted by atomic mass is 10.3. The van der Waals surface area contributed by atoms with E-state index < -0.39 is 0 Å². The van der Waals surface area contributed by atoms with Crippen LogP contribution in [0.4, 0.5) is 0 Å². The third kappa shape index (κ3) is 6.04. The van der Waals surface area contributed by atoms with Gasteiger partial charge in [-0.15, -0.1) is 12.4 Å². The molecule has 2 rings (SSSR count). The van der Waals surface area contributed by atoms with Gasteiger partial charge in [-0.2, -0.15) is 0 Å². The second kappa shape index (κ2) is 7.49. The maximum atomic E-state index is 5.45. The van der Waals surface area contributed by atoms with Crippen molar-refractivity contribution >= 4 is 12.4 Å². The molecule has 0 heterocycles. The highest BCUT2D eigenvalue weighted by molar-refractivity contribution is 5.85. The van der Waals surface area contributed by atoms with Crippen molar-refractivity contribution in [2.75, 3.05) is 39.4 Å². The third-order valence-corrected chi connectivity index (χ3v) is 3.24. The Bertz CT molecular complexity index is 170. The van der Waals surface area contributed by atoms with E-state index in [-0.39, 0.29) is 12.4 Å². The van der Waals surface area contributed by atoms with Gasteiger partial charge in [-0.1, -0.05) is 0 Å². The minimum Gasteiger partial charge on any atom is -0.379 e. The van der Waals surface area contributed by atoms with Gasteiger partial charge < -0.3 is 15.4 Å². The van der Waals surface area contributed by atoms with Crippen LogP contribution in [0.2, 0.25) is 0 Å². The van der Waals surface area contributed by atoms with E-state index in [0.29, 0.717) is 13.2 Å². The molecule has 0 saturated heterocycles. The molecule has 0 radical (unpaired) electrons. The van der Waals surface area contributed by atoms with E-state index in [4.69, 9.17) is 10.5 Å². The Morgan fingerprint density at radius 3 is 2.00 bits per heavy atom. The molecule has 16 heavy (non-hydrogen) atoms. The highest BCUT2D eigenvalue weighted by Gasteiger charge is 2.28. The normalized spacial score (nSPS) is 19.9. The molecule has 2 N–H and O–H groups in total. The van der Waals surface area contributed by atoms with Crippen LogP contribution in [-0.4, -0.2) is 44.3 Å². The lowest BCUT2D eigenvalue weighted by Gasteiger charge is -2.21. The second-order valence-corrected chi connectivity index (χ2v) is 5.05. The number of hydrogen-bond donors (Lipinski definition) is 1. The predicted octanol–water partition coefficient (Wildman–Crippen LogP) is 1.51. The Kier molecular flexibility index (Phi) is 6.66. The van der Waals surface area contributed by atoms with E-state index in [0.717, 1.165) is 25.0 Å². The second-order valence-electron chi connectivity index (χ2n) is 5.05. The summed E-state index contributed by atoms with van der Waals surface area (Å²) in [6, 6.07) is 0. The van der Waals surface area contributed by atoms with Gasteiger partial charge in [0.1, 0.15) is 0 Å². The number of nitrogens with zero attached hydrogens (tertiary/aromatic N) is 1. The molecule has 0 aliphatic heterocycles. The summed E-state index contributed by atoms with van der Waals surface area (Å²) in [6.45, 7) is 5.93. The average Bonchev–Trinajstić information content (AvgIpc) is 3.07. The van der Waals surface area contributed by atoms with Crippen LogP contribution in [-0.2, 0) is 4.74 Å². The summed E-state index contributed by atoms with van der Waals surface area (Å²) in [5, 5.41) is 0. The lowest BCUT2D eigenvalue weighted by molar-refractivity contribution is 0.105. The van der Waals surface area contributed by atoms with Gasteiger partial charge in [0.05, 0.1) is 13.2 Å². The van der Waals surface area contributed by atoms with Crippen molar-refractivity contribution in [3.05, 3.63) is 0 Å². The van der Waals surface area contributed by atoms with Crippen LogP contribution in [0.5, 0.6) is 0 Å². The number of hydrogen-bond acceptors (Lipinski definition) is 3. The highest BCUT2D eigenvalue weighted by atomic mass is 35.5. The molecule has 0 bridgehead atoms. The summed E-state index contributed by atoms with van der Waals surface area (Å²) in [4.78, 5) is 2.60. The van der Waals surface area contributed by atoms with Crippen molar-refractivity contribution in [3.8, 4) is 0 Å². The van der Waals surface area contributed by atoms with Gasteiger partial charge in [0.15, 0.2) is 0 Å². The van der Waals surface area contributed by atoms with Crippen molar-refractivity contribution in [2.45, 2.75) is 25.7 Å². The molecule has 96 valence electrons. The van der Waals surface area contributed by atoms with E-state index in [1.54, 1.807) is 0 Å². The molecule has 0 aromatic heterocycles. The van der Waals surface area contributed by atoms with Gasteiger partial charge in [0.2, 0.25) is 0 Å². The van der Waals surface area contributed by atoms with Gasteiger partial charge in [-0.3, -0.25) is 0 Å². The molecule has 0 unspecified atom stereocenters. The van der Waals surface area contributed by atoms with Crippen LogP contribution in [0.3, 0.4) is 0 Å². The van der Waals surface area contributed by atoms with Crippen molar-refractivity contribution < 1.29 is 4.74 Å². The third-order valence-electron chi connectivity index (χ3n) is 3.24. The first-order valence-electron chi connectivity index (χ1n) is 6.38. The van der Waals surface area contributed by atoms with E-state index in [1.165, 1.54) is 38.8 Å². The largest absolute Gasteiger partial charge is 0.379 e.